The second-order valence-corrected chi connectivity index (χ2v) is 3.72. The maximum absolute atomic E-state index is 13.2. The van der Waals surface area contributed by atoms with E-state index in [0.29, 0.717) is 10.6 Å². The highest BCUT2D eigenvalue weighted by molar-refractivity contribution is 6.30. The van der Waals surface area contributed by atoms with Crippen LogP contribution in [0.1, 0.15) is 18.4 Å². The smallest absolute Gasteiger partial charge is 0.128 e. The van der Waals surface area contributed by atoms with Crippen LogP contribution in [0, 0.1) is 5.82 Å². The van der Waals surface area contributed by atoms with Gasteiger partial charge in [0.15, 0.2) is 0 Å². The molecule has 1 aliphatic rings. The van der Waals surface area contributed by atoms with Crippen LogP contribution in [0.2, 0.25) is 5.02 Å². The molecule has 0 radical (unpaired) electrons. The van der Waals surface area contributed by atoms with E-state index in [1.54, 1.807) is 6.07 Å². The predicted molar refractivity (Wildman–Crippen MR) is 46.5 cm³/mol. The molecule has 2 N–H and O–H groups in total. The zero-order valence-corrected chi connectivity index (χ0v) is 7.24. The zero-order chi connectivity index (χ0) is 8.77. The molecule has 1 aromatic rings. The fourth-order valence-electron chi connectivity index (χ4n) is 1.28. The summed E-state index contributed by atoms with van der Waals surface area (Å²) in [5.74, 6) is -0.251. The van der Waals surface area contributed by atoms with E-state index in [2.05, 4.69) is 0 Å². The average Bonchev–Trinajstić information content (AvgIpc) is 2.75. The maximum Gasteiger partial charge on any atom is 0.128 e. The lowest BCUT2D eigenvalue weighted by Crippen LogP contribution is -2.20. The van der Waals surface area contributed by atoms with E-state index in [0.717, 1.165) is 12.8 Å². The molecule has 0 amide bonds. The molecular weight excluding hydrogens is 177 g/mol. The van der Waals surface area contributed by atoms with Crippen LogP contribution in [0.25, 0.3) is 0 Å². The molecule has 0 bridgehead atoms. The first kappa shape index (κ1) is 8.02. The van der Waals surface area contributed by atoms with Crippen molar-refractivity contribution >= 4 is 11.6 Å². The molecule has 12 heavy (non-hydrogen) atoms. The second kappa shape index (κ2) is 2.44. The van der Waals surface area contributed by atoms with Gasteiger partial charge in [-0.3, -0.25) is 0 Å². The Labute approximate surface area is 75.3 Å². The van der Waals surface area contributed by atoms with Gasteiger partial charge in [0, 0.05) is 16.1 Å². The summed E-state index contributed by atoms with van der Waals surface area (Å²) in [6.07, 6.45) is 1.70. The molecule has 0 heterocycles. The summed E-state index contributed by atoms with van der Waals surface area (Å²) < 4.78 is 13.2. The minimum Gasteiger partial charge on any atom is -0.321 e. The van der Waals surface area contributed by atoms with Gasteiger partial charge < -0.3 is 5.73 Å². The maximum atomic E-state index is 13.2. The van der Waals surface area contributed by atoms with Gasteiger partial charge in [-0.1, -0.05) is 11.6 Å². The molecular formula is C9H9ClFN. The molecule has 0 saturated heterocycles. The van der Waals surface area contributed by atoms with E-state index in [4.69, 9.17) is 17.3 Å². The van der Waals surface area contributed by atoms with Gasteiger partial charge in [0.05, 0.1) is 0 Å². The summed E-state index contributed by atoms with van der Waals surface area (Å²) in [4.78, 5) is 0. The van der Waals surface area contributed by atoms with Gasteiger partial charge >= 0.3 is 0 Å². The Kier molecular flexibility index (Phi) is 1.63. The standard InChI is InChI=1S/C9H9ClFN/c10-6-1-2-8(11)7(5-6)9(12)3-4-9/h1-2,5H,3-4,12H2. The summed E-state index contributed by atoms with van der Waals surface area (Å²) in [6.45, 7) is 0. The molecule has 1 nitrogen and oxygen atoms in total. The first-order valence-electron chi connectivity index (χ1n) is 3.86. The Balaban J connectivity index is 2.48. The number of rotatable bonds is 1. The van der Waals surface area contributed by atoms with E-state index in [9.17, 15) is 4.39 Å². The minimum absolute atomic E-state index is 0.251. The van der Waals surface area contributed by atoms with E-state index in [1.165, 1.54) is 12.1 Å². The molecule has 1 saturated carbocycles. The molecule has 64 valence electrons. The normalized spacial score (nSPS) is 19.2. The van der Waals surface area contributed by atoms with Crippen LogP contribution in [-0.4, -0.2) is 0 Å². The minimum atomic E-state index is -0.436. The van der Waals surface area contributed by atoms with E-state index in [1.807, 2.05) is 0 Å². The van der Waals surface area contributed by atoms with Crippen molar-refractivity contribution in [1.82, 2.24) is 0 Å². The molecule has 0 unspecified atom stereocenters. The lowest BCUT2D eigenvalue weighted by atomic mass is 10.1. The molecule has 1 aromatic carbocycles. The number of halogens is 2. The van der Waals surface area contributed by atoms with Crippen LogP contribution in [0.3, 0.4) is 0 Å². The van der Waals surface area contributed by atoms with Crippen molar-refractivity contribution in [1.29, 1.82) is 0 Å². The van der Waals surface area contributed by atoms with Gasteiger partial charge in [0.25, 0.3) is 0 Å². The highest BCUT2D eigenvalue weighted by Crippen LogP contribution is 2.44. The van der Waals surface area contributed by atoms with E-state index < -0.39 is 5.54 Å². The van der Waals surface area contributed by atoms with Gasteiger partial charge in [-0.05, 0) is 31.0 Å². The van der Waals surface area contributed by atoms with Crippen LogP contribution in [0.15, 0.2) is 18.2 Å². The highest BCUT2D eigenvalue weighted by atomic mass is 35.5. The Morgan fingerprint density at radius 2 is 2.08 bits per heavy atom. The van der Waals surface area contributed by atoms with Crippen LogP contribution >= 0.6 is 11.6 Å². The number of benzene rings is 1. The van der Waals surface area contributed by atoms with Crippen LogP contribution in [-0.2, 0) is 5.54 Å². The fraction of sp³-hybridized carbons (Fsp3) is 0.333. The van der Waals surface area contributed by atoms with E-state index >= 15 is 0 Å². The van der Waals surface area contributed by atoms with Crippen molar-refractivity contribution in [2.45, 2.75) is 18.4 Å². The number of hydrogen-bond acceptors (Lipinski definition) is 1. The molecule has 3 heteroatoms. The topological polar surface area (TPSA) is 26.0 Å². The summed E-state index contributed by atoms with van der Waals surface area (Å²) in [5.41, 5.74) is 5.95. The molecule has 1 fully saturated rings. The Morgan fingerprint density at radius 3 is 2.67 bits per heavy atom. The Morgan fingerprint density at radius 1 is 1.42 bits per heavy atom. The van der Waals surface area contributed by atoms with E-state index in [-0.39, 0.29) is 5.82 Å². The molecule has 1 aliphatic carbocycles. The first-order valence-corrected chi connectivity index (χ1v) is 4.24. The molecule has 0 atom stereocenters. The van der Waals surface area contributed by atoms with Gasteiger partial charge in [-0.25, -0.2) is 4.39 Å². The molecule has 0 spiro atoms. The van der Waals surface area contributed by atoms with Crippen LogP contribution < -0.4 is 5.73 Å². The predicted octanol–water partition coefficient (Wildman–Crippen LogP) is 2.43. The van der Waals surface area contributed by atoms with Crippen molar-refractivity contribution in [3.63, 3.8) is 0 Å². The van der Waals surface area contributed by atoms with Crippen LogP contribution in [0.5, 0.6) is 0 Å². The van der Waals surface area contributed by atoms with Crippen molar-refractivity contribution in [2.24, 2.45) is 5.73 Å². The number of nitrogens with two attached hydrogens (primary N) is 1. The third-order valence-corrected chi connectivity index (χ3v) is 2.49. The number of hydrogen-bond donors (Lipinski definition) is 1. The van der Waals surface area contributed by atoms with Gasteiger partial charge in [-0.2, -0.15) is 0 Å². The van der Waals surface area contributed by atoms with Crippen molar-refractivity contribution < 1.29 is 4.39 Å². The third kappa shape index (κ3) is 1.21. The Bertz CT molecular complexity index is 320. The fourth-order valence-corrected chi connectivity index (χ4v) is 1.46. The quantitative estimate of drug-likeness (QED) is 0.715. The van der Waals surface area contributed by atoms with Crippen molar-refractivity contribution in [3.05, 3.63) is 34.6 Å². The van der Waals surface area contributed by atoms with Crippen LogP contribution in [0.4, 0.5) is 4.39 Å². The molecule has 0 aromatic heterocycles. The third-order valence-electron chi connectivity index (χ3n) is 2.25. The summed E-state index contributed by atoms with van der Waals surface area (Å²) >= 11 is 5.73. The summed E-state index contributed by atoms with van der Waals surface area (Å²) in [5, 5.41) is 0.545. The largest absolute Gasteiger partial charge is 0.321 e. The monoisotopic (exact) mass is 185 g/mol. The zero-order valence-electron chi connectivity index (χ0n) is 6.48. The summed E-state index contributed by atoms with van der Waals surface area (Å²) in [7, 11) is 0. The molecule has 0 aliphatic heterocycles. The first-order chi connectivity index (χ1) is 5.62. The summed E-state index contributed by atoms with van der Waals surface area (Å²) in [6, 6.07) is 4.51. The lowest BCUT2D eigenvalue weighted by Gasteiger charge is -2.09. The van der Waals surface area contributed by atoms with Gasteiger partial charge in [0.1, 0.15) is 5.82 Å². The molecule has 2 rings (SSSR count). The van der Waals surface area contributed by atoms with Gasteiger partial charge in [-0.15, -0.1) is 0 Å². The van der Waals surface area contributed by atoms with Crippen molar-refractivity contribution in [2.75, 3.05) is 0 Å². The lowest BCUT2D eigenvalue weighted by molar-refractivity contribution is 0.578. The Hall–Kier alpha value is -0.600. The highest BCUT2D eigenvalue weighted by Gasteiger charge is 2.42. The SMILES string of the molecule is NC1(c2cc(Cl)ccc2F)CC1. The average molecular weight is 186 g/mol. The van der Waals surface area contributed by atoms with Crippen molar-refractivity contribution in [3.8, 4) is 0 Å². The van der Waals surface area contributed by atoms with Gasteiger partial charge in [0.2, 0.25) is 0 Å². The second-order valence-electron chi connectivity index (χ2n) is 3.28.